The molecule has 0 radical (unpaired) electrons. The van der Waals surface area contributed by atoms with Crippen molar-refractivity contribution in [3.63, 3.8) is 0 Å². The normalized spacial score (nSPS) is 17.8. The summed E-state index contributed by atoms with van der Waals surface area (Å²) in [7, 11) is 0. The zero-order valence-electron chi connectivity index (χ0n) is 15.6. The van der Waals surface area contributed by atoms with Crippen molar-refractivity contribution >= 4 is 27.5 Å². The molecule has 0 saturated heterocycles. The Hall–Kier alpha value is -2.72. The molecule has 0 heterocycles. The highest BCUT2D eigenvalue weighted by Crippen LogP contribution is 2.58. The van der Waals surface area contributed by atoms with Crippen LogP contribution < -0.4 is 5.43 Å². The number of halogens is 1. The Bertz CT molecular complexity index is 976. The van der Waals surface area contributed by atoms with Crippen LogP contribution in [0.4, 0.5) is 0 Å². The summed E-state index contributed by atoms with van der Waals surface area (Å²) in [5.74, 6) is -0.168. The fraction of sp³-hybridized carbons (Fsp3) is 0.167. The molecule has 1 fully saturated rings. The molecule has 1 amide bonds. The molecular formula is C24H21BrN2O. The highest BCUT2D eigenvalue weighted by atomic mass is 79.9. The zero-order valence-corrected chi connectivity index (χ0v) is 17.2. The standard InChI is InChI=1S/C24H21BrN2O/c1-17(18-9-8-14-21(25)15-18)26-27-23(28)22-16-24(22,19-10-4-2-5-11-19)20-12-6-3-7-13-20/h2-15,22H,16H2,1H3,(H,27,28)/b26-17+. The van der Waals surface area contributed by atoms with Crippen LogP contribution in [-0.2, 0) is 10.2 Å². The Morgan fingerprint density at radius 1 is 0.964 bits per heavy atom. The number of rotatable bonds is 5. The number of benzene rings is 3. The topological polar surface area (TPSA) is 41.5 Å². The van der Waals surface area contributed by atoms with Gasteiger partial charge in [-0.05, 0) is 42.2 Å². The minimum Gasteiger partial charge on any atom is -0.273 e. The first kappa shape index (κ1) is 18.6. The van der Waals surface area contributed by atoms with E-state index >= 15 is 0 Å². The molecule has 4 heteroatoms. The third-order valence-electron chi connectivity index (χ3n) is 5.43. The molecule has 1 aliphatic carbocycles. The lowest BCUT2D eigenvalue weighted by atomic mass is 9.85. The molecule has 0 bridgehead atoms. The van der Waals surface area contributed by atoms with E-state index in [9.17, 15) is 4.79 Å². The number of carbonyl (C=O) groups is 1. The maximum absolute atomic E-state index is 12.9. The molecule has 0 aromatic heterocycles. The molecule has 28 heavy (non-hydrogen) atoms. The van der Waals surface area contributed by atoms with E-state index in [4.69, 9.17) is 0 Å². The number of amides is 1. The van der Waals surface area contributed by atoms with Crippen LogP contribution in [0.15, 0.2) is 94.5 Å². The molecule has 3 aromatic carbocycles. The van der Waals surface area contributed by atoms with Crippen LogP contribution in [-0.4, -0.2) is 11.6 Å². The van der Waals surface area contributed by atoms with E-state index in [0.29, 0.717) is 0 Å². The molecule has 1 unspecified atom stereocenters. The quantitative estimate of drug-likeness (QED) is 0.431. The Kier molecular flexibility index (Phi) is 5.14. The van der Waals surface area contributed by atoms with Crippen molar-refractivity contribution in [2.24, 2.45) is 11.0 Å². The predicted octanol–water partition coefficient (Wildman–Crippen LogP) is 5.30. The van der Waals surface area contributed by atoms with Crippen molar-refractivity contribution in [1.29, 1.82) is 0 Å². The maximum atomic E-state index is 12.9. The SMILES string of the molecule is C/C(=N\NC(=O)C1CC1(c1ccccc1)c1ccccc1)c1cccc(Br)c1. The highest BCUT2D eigenvalue weighted by molar-refractivity contribution is 9.10. The zero-order chi connectivity index (χ0) is 19.6. The van der Waals surface area contributed by atoms with Gasteiger partial charge in [0.2, 0.25) is 5.91 Å². The number of hydrazone groups is 1. The van der Waals surface area contributed by atoms with Crippen molar-refractivity contribution < 1.29 is 4.79 Å². The summed E-state index contributed by atoms with van der Waals surface area (Å²) in [5.41, 5.74) is 6.62. The van der Waals surface area contributed by atoms with Crippen molar-refractivity contribution in [2.45, 2.75) is 18.8 Å². The molecule has 1 aliphatic rings. The van der Waals surface area contributed by atoms with Gasteiger partial charge in [0.25, 0.3) is 0 Å². The number of nitrogens with one attached hydrogen (secondary N) is 1. The van der Waals surface area contributed by atoms with Gasteiger partial charge in [-0.2, -0.15) is 5.10 Å². The summed E-state index contributed by atoms with van der Waals surface area (Å²) in [4.78, 5) is 12.9. The first-order chi connectivity index (χ1) is 13.6. The van der Waals surface area contributed by atoms with Crippen molar-refractivity contribution in [3.05, 3.63) is 106 Å². The van der Waals surface area contributed by atoms with Gasteiger partial charge in [-0.1, -0.05) is 88.7 Å². The third kappa shape index (κ3) is 3.52. The van der Waals surface area contributed by atoms with E-state index in [1.165, 1.54) is 11.1 Å². The Balaban J connectivity index is 1.57. The second kappa shape index (κ2) is 7.72. The Labute approximate surface area is 173 Å². The number of carbonyl (C=O) groups excluding carboxylic acids is 1. The van der Waals surface area contributed by atoms with E-state index in [0.717, 1.165) is 22.2 Å². The molecule has 1 saturated carbocycles. The molecule has 140 valence electrons. The van der Waals surface area contributed by atoms with Crippen LogP contribution in [0, 0.1) is 5.92 Å². The fourth-order valence-corrected chi connectivity index (χ4v) is 4.25. The number of hydrogen-bond acceptors (Lipinski definition) is 2. The van der Waals surface area contributed by atoms with Crippen LogP contribution in [0.25, 0.3) is 0 Å². The van der Waals surface area contributed by atoms with E-state index < -0.39 is 0 Å². The summed E-state index contributed by atoms with van der Waals surface area (Å²) in [6.07, 6.45) is 0.790. The van der Waals surface area contributed by atoms with Gasteiger partial charge in [-0.3, -0.25) is 4.79 Å². The van der Waals surface area contributed by atoms with Crippen molar-refractivity contribution in [1.82, 2.24) is 5.43 Å². The van der Waals surface area contributed by atoms with Crippen molar-refractivity contribution in [2.75, 3.05) is 0 Å². The van der Waals surface area contributed by atoms with Gasteiger partial charge in [-0.15, -0.1) is 0 Å². The Morgan fingerprint density at radius 2 is 1.57 bits per heavy atom. The van der Waals surface area contributed by atoms with Crippen LogP contribution in [0.2, 0.25) is 0 Å². The predicted molar refractivity (Wildman–Crippen MR) is 116 cm³/mol. The van der Waals surface area contributed by atoms with Crippen molar-refractivity contribution in [3.8, 4) is 0 Å². The lowest BCUT2D eigenvalue weighted by molar-refractivity contribution is -0.122. The molecule has 0 aliphatic heterocycles. The minimum absolute atomic E-state index is 0.0398. The lowest BCUT2D eigenvalue weighted by Gasteiger charge is -2.18. The van der Waals surface area contributed by atoms with Gasteiger partial charge >= 0.3 is 0 Å². The summed E-state index contributed by atoms with van der Waals surface area (Å²) in [6.45, 7) is 1.90. The number of hydrogen-bond donors (Lipinski definition) is 1. The van der Waals surface area contributed by atoms with E-state index in [2.05, 4.69) is 50.7 Å². The van der Waals surface area contributed by atoms with Gasteiger partial charge < -0.3 is 0 Å². The van der Waals surface area contributed by atoms with Gasteiger partial charge in [0, 0.05) is 9.89 Å². The average molecular weight is 433 g/mol. The smallest absolute Gasteiger partial charge is 0.244 e. The second-order valence-electron chi connectivity index (χ2n) is 7.14. The third-order valence-corrected chi connectivity index (χ3v) is 5.92. The molecule has 1 atom stereocenters. The Morgan fingerprint density at radius 3 is 2.14 bits per heavy atom. The molecule has 0 spiro atoms. The fourth-order valence-electron chi connectivity index (χ4n) is 3.85. The van der Waals surface area contributed by atoms with Gasteiger partial charge in [0.15, 0.2) is 0 Å². The molecule has 3 nitrogen and oxygen atoms in total. The monoisotopic (exact) mass is 432 g/mol. The molecule has 3 aromatic rings. The average Bonchev–Trinajstić information content (AvgIpc) is 3.50. The summed E-state index contributed by atoms with van der Waals surface area (Å²) >= 11 is 3.47. The second-order valence-corrected chi connectivity index (χ2v) is 8.06. The van der Waals surface area contributed by atoms with E-state index in [1.54, 1.807) is 0 Å². The molecule has 1 N–H and O–H groups in total. The maximum Gasteiger partial charge on any atom is 0.244 e. The summed E-state index contributed by atoms with van der Waals surface area (Å²) in [5, 5.41) is 4.35. The highest BCUT2D eigenvalue weighted by Gasteiger charge is 2.60. The first-order valence-corrected chi connectivity index (χ1v) is 10.1. The lowest BCUT2D eigenvalue weighted by Crippen LogP contribution is -2.26. The van der Waals surface area contributed by atoms with E-state index in [-0.39, 0.29) is 17.2 Å². The number of nitrogens with zero attached hydrogens (tertiary/aromatic N) is 1. The molecular weight excluding hydrogens is 412 g/mol. The van der Waals surface area contributed by atoms with Crippen LogP contribution in [0.3, 0.4) is 0 Å². The largest absolute Gasteiger partial charge is 0.273 e. The summed E-state index contributed by atoms with van der Waals surface area (Å²) < 4.78 is 0.986. The molecule has 4 rings (SSSR count). The van der Waals surface area contributed by atoms with Gasteiger partial charge in [-0.25, -0.2) is 5.43 Å². The van der Waals surface area contributed by atoms with Crippen LogP contribution in [0.5, 0.6) is 0 Å². The minimum atomic E-state index is -0.272. The van der Waals surface area contributed by atoms with Gasteiger partial charge in [0.1, 0.15) is 0 Å². The summed E-state index contributed by atoms with van der Waals surface area (Å²) in [6, 6.07) is 28.4. The van der Waals surface area contributed by atoms with Gasteiger partial charge in [0.05, 0.1) is 11.6 Å². The van der Waals surface area contributed by atoms with E-state index in [1.807, 2.05) is 67.6 Å². The first-order valence-electron chi connectivity index (χ1n) is 9.32. The van der Waals surface area contributed by atoms with Crippen LogP contribution in [0.1, 0.15) is 30.0 Å². The van der Waals surface area contributed by atoms with Crippen LogP contribution >= 0.6 is 15.9 Å².